The first-order valence-corrected chi connectivity index (χ1v) is 5.73. The van der Waals surface area contributed by atoms with Gasteiger partial charge >= 0.3 is 0 Å². The third-order valence-electron chi connectivity index (χ3n) is 2.60. The van der Waals surface area contributed by atoms with Crippen molar-refractivity contribution in [1.82, 2.24) is 0 Å². The molecule has 0 saturated heterocycles. The molecule has 1 aliphatic rings. The third-order valence-corrected chi connectivity index (χ3v) is 2.60. The van der Waals surface area contributed by atoms with E-state index in [9.17, 15) is 9.59 Å². The number of rotatable bonds is 2. The molecule has 0 unspecified atom stereocenters. The summed E-state index contributed by atoms with van der Waals surface area (Å²) in [7, 11) is 0. The maximum absolute atomic E-state index is 10.6. The number of nitrogen functional groups attached to an aromatic ring is 1. The maximum Gasteiger partial charge on any atom is 0.221 e. The zero-order valence-electron chi connectivity index (χ0n) is 10.9. The Hall–Kier alpha value is -1.88. The highest BCUT2D eigenvalue weighted by atomic mass is 16.1. The smallest absolute Gasteiger partial charge is 0.221 e. The molecule has 4 N–H and O–H groups in total. The van der Waals surface area contributed by atoms with Crippen LogP contribution in [0.25, 0.3) is 0 Å². The van der Waals surface area contributed by atoms with Crippen LogP contribution in [-0.2, 0) is 9.59 Å². The summed E-state index contributed by atoms with van der Waals surface area (Å²) in [5, 5.41) is 2.65. The Labute approximate surface area is 107 Å². The first-order chi connectivity index (χ1) is 8.35. The fourth-order valence-electron chi connectivity index (χ4n) is 1.21. The van der Waals surface area contributed by atoms with Crippen molar-refractivity contribution in [2.45, 2.75) is 27.2 Å². The lowest BCUT2D eigenvalue weighted by Gasteiger charge is -2.02. The molecule has 1 aliphatic carbocycles. The van der Waals surface area contributed by atoms with E-state index in [2.05, 4.69) is 10.7 Å². The number of hydrogen-bond donors (Lipinski definition) is 3. The van der Waals surface area contributed by atoms with Crippen LogP contribution in [0.4, 0.5) is 11.4 Å². The SMILES string of the molecule is CC(=O)Nc1ccc(NN)cc1.CC1(C)CC1=O. The minimum atomic E-state index is -0.0801. The van der Waals surface area contributed by atoms with Gasteiger partial charge in [0.25, 0.3) is 0 Å². The van der Waals surface area contributed by atoms with Crippen LogP contribution >= 0.6 is 0 Å². The summed E-state index contributed by atoms with van der Waals surface area (Å²) in [6.45, 7) is 5.40. The predicted octanol–water partition coefficient (Wildman–Crippen LogP) is 1.92. The number of hydrazine groups is 1. The van der Waals surface area contributed by atoms with E-state index < -0.39 is 0 Å². The molecule has 5 heteroatoms. The molecule has 1 aromatic carbocycles. The first-order valence-electron chi connectivity index (χ1n) is 5.73. The predicted molar refractivity (Wildman–Crippen MR) is 72.0 cm³/mol. The van der Waals surface area contributed by atoms with Crippen molar-refractivity contribution in [2.75, 3.05) is 10.7 Å². The van der Waals surface area contributed by atoms with Crippen LogP contribution in [-0.4, -0.2) is 11.7 Å². The van der Waals surface area contributed by atoms with Crippen LogP contribution in [0.2, 0.25) is 0 Å². The zero-order valence-corrected chi connectivity index (χ0v) is 10.9. The average Bonchev–Trinajstić information content (AvgIpc) is 2.84. The minimum absolute atomic E-state index is 0.0694. The van der Waals surface area contributed by atoms with Crippen molar-refractivity contribution >= 4 is 23.1 Å². The van der Waals surface area contributed by atoms with Crippen molar-refractivity contribution < 1.29 is 9.59 Å². The molecule has 0 atom stereocenters. The molecule has 5 nitrogen and oxygen atoms in total. The van der Waals surface area contributed by atoms with Gasteiger partial charge in [-0.05, 0) is 24.3 Å². The van der Waals surface area contributed by atoms with Crippen LogP contribution in [0.5, 0.6) is 0 Å². The number of anilines is 2. The van der Waals surface area contributed by atoms with Crippen molar-refractivity contribution in [1.29, 1.82) is 0 Å². The number of Topliss-reactive ketones (excluding diaryl/α,β-unsaturated/α-hetero) is 1. The molecule has 0 heterocycles. The number of amides is 1. The number of ketones is 1. The van der Waals surface area contributed by atoms with Gasteiger partial charge in [-0.25, -0.2) is 0 Å². The van der Waals surface area contributed by atoms with Crippen LogP contribution in [0.15, 0.2) is 24.3 Å². The molecule has 1 aromatic rings. The Balaban J connectivity index is 0.000000225. The highest BCUT2D eigenvalue weighted by Crippen LogP contribution is 2.38. The van der Waals surface area contributed by atoms with Crippen molar-refractivity contribution in [2.24, 2.45) is 11.3 Å². The van der Waals surface area contributed by atoms with Gasteiger partial charge < -0.3 is 10.7 Å². The molecule has 1 amide bonds. The summed E-state index contributed by atoms with van der Waals surface area (Å²) in [6, 6.07) is 7.11. The van der Waals surface area contributed by atoms with Gasteiger partial charge in [-0.3, -0.25) is 15.4 Å². The van der Waals surface area contributed by atoms with Gasteiger partial charge in [0, 0.05) is 30.1 Å². The van der Waals surface area contributed by atoms with Crippen LogP contribution < -0.4 is 16.6 Å². The summed E-state index contributed by atoms with van der Waals surface area (Å²) in [5.74, 6) is 5.49. The molecule has 2 rings (SSSR count). The van der Waals surface area contributed by atoms with Crippen LogP contribution in [0.1, 0.15) is 27.2 Å². The zero-order chi connectivity index (χ0) is 13.8. The van der Waals surface area contributed by atoms with E-state index in [4.69, 9.17) is 5.84 Å². The number of hydrogen-bond acceptors (Lipinski definition) is 4. The second-order valence-electron chi connectivity index (χ2n) is 4.89. The van der Waals surface area contributed by atoms with Gasteiger partial charge in [0.1, 0.15) is 5.78 Å². The number of nitrogens with two attached hydrogens (primary N) is 1. The molecule has 18 heavy (non-hydrogen) atoms. The molecule has 0 radical (unpaired) electrons. The number of carbonyl (C=O) groups is 2. The molecule has 0 aromatic heterocycles. The van der Waals surface area contributed by atoms with Crippen molar-refractivity contribution in [3.63, 3.8) is 0 Å². The highest BCUT2D eigenvalue weighted by Gasteiger charge is 2.43. The Morgan fingerprint density at radius 2 is 1.61 bits per heavy atom. The van der Waals surface area contributed by atoms with Gasteiger partial charge in [-0.2, -0.15) is 0 Å². The van der Waals surface area contributed by atoms with E-state index in [0.29, 0.717) is 5.78 Å². The molecule has 0 spiro atoms. The number of carbonyl (C=O) groups excluding carboxylic acids is 2. The standard InChI is InChI=1S/C8H11N3O.C5H8O/c1-6(12)10-7-2-4-8(11-9)5-3-7;1-5(2)3-4(5)6/h2-5,11H,9H2,1H3,(H,10,12);3H2,1-2H3. The summed E-state index contributed by atoms with van der Waals surface area (Å²) in [5.41, 5.74) is 4.14. The highest BCUT2D eigenvalue weighted by molar-refractivity contribution is 5.99. The molecule has 98 valence electrons. The monoisotopic (exact) mass is 249 g/mol. The Morgan fingerprint density at radius 1 is 1.22 bits per heavy atom. The summed E-state index contributed by atoms with van der Waals surface area (Å²) in [6.07, 6.45) is 0.799. The van der Waals surface area contributed by atoms with E-state index >= 15 is 0 Å². The Bertz CT molecular complexity index is 438. The maximum atomic E-state index is 10.6. The number of nitrogens with one attached hydrogen (secondary N) is 2. The van der Waals surface area contributed by atoms with Gasteiger partial charge in [0.15, 0.2) is 0 Å². The second-order valence-corrected chi connectivity index (χ2v) is 4.89. The van der Waals surface area contributed by atoms with Gasteiger partial charge in [0.2, 0.25) is 5.91 Å². The lowest BCUT2D eigenvalue weighted by Crippen LogP contribution is -2.08. The largest absolute Gasteiger partial charge is 0.326 e. The van der Waals surface area contributed by atoms with Gasteiger partial charge in [-0.1, -0.05) is 13.8 Å². The van der Waals surface area contributed by atoms with Gasteiger partial charge in [-0.15, -0.1) is 0 Å². The van der Waals surface area contributed by atoms with E-state index in [1.54, 1.807) is 24.3 Å². The summed E-state index contributed by atoms with van der Waals surface area (Å²) >= 11 is 0. The second kappa shape index (κ2) is 5.64. The molecule has 1 saturated carbocycles. The average molecular weight is 249 g/mol. The lowest BCUT2D eigenvalue weighted by atomic mass is 10.2. The van der Waals surface area contributed by atoms with Crippen molar-refractivity contribution in [3.8, 4) is 0 Å². The topological polar surface area (TPSA) is 84.2 Å². The van der Waals surface area contributed by atoms with E-state index in [1.807, 2.05) is 13.8 Å². The molecule has 0 bridgehead atoms. The van der Waals surface area contributed by atoms with Crippen molar-refractivity contribution in [3.05, 3.63) is 24.3 Å². The molecular weight excluding hydrogens is 230 g/mol. The Kier molecular flexibility index (Phi) is 4.44. The van der Waals surface area contributed by atoms with Gasteiger partial charge in [0.05, 0.1) is 0 Å². The summed E-state index contributed by atoms with van der Waals surface area (Å²) in [4.78, 5) is 20.8. The lowest BCUT2D eigenvalue weighted by molar-refractivity contribution is -0.114. The molecule has 0 aliphatic heterocycles. The van der Waals surface area contributed by atoms with E-state index in [-0.39, 0.29) is 11.3 Å². The quantitative estimate of drug-likeness (QED) is 0.552. The van der Waals surface area contributed by atoms with Crippen LogP contribution in [0.3, 0.4) is 0 Å². The fourth-order valence-corrected chi connectivity index (χ4v) is 1.21. The summed E-state index contributed by atoms with van der Waals surface area (Å²) < 4.78 is 0. The minimum Gasteiger partial charge on any atom is -0.326 e. The van der Waals surface area contributed by atoms with E-state index in [0.717, 1.165) is 17.8 Å². The third kappa shape index (κ3) is 4.55. The normalized spacial score (nSPS) is 15.2. The van der Waals surface area contributed by atoms with Crippen LogP contribution in [0, 0.1) is 5.41 Å². The number of benzene rings is 1. The van der Waals surface area contributed by atoms with E-state index in [1.165, 1.54) is 6.92 Å². The Morgan fingerprint density at radius 3 is 1.89 bits per heavy atom. The fraction of sp³-hybridized carbons (Fsp3) is 0.385. The molecule has 1 fully saturated rings. The first kappa shape index (κ1) is 14.2. The molecular formula is C13H19N3O2.